The van der Waals surface area contributed by atoms with Crippen LogP contribution < -0.4 is 0 Å². The Hall–Kier alpha value is -0.270. The van der Waals surface area contributed by atoms with Crippen LogP contribution in [0.15, 0.2) is 24.3 Å². The molecule has 9 heteroatoms. The van der Waals surface area contributed by atoms with Crippen molar-refractivity contribution in [1.82, 2.24) is 0 Å². The molecule has 0 spiro atoms. The number of phosphoric acid groups is 1. The number of allylic oxidation sites excluding steroid dienone is 4. The molecule has 3 N–H and O–H groups in total. The Morgan fingerprint density at radius 3 is 0.956 bits per heavy atom. The van der Waals surface area contributed by atoms with Crippen molar-refractivity contribution in [2.24, 2.45) is 0 Å². The Labute approximate surface area is 299 Å². The third kappa shape index (κ3) is 53.5. The number of carbonyl (C=O) groups excluding carboxylic acids is 2. The van der Waals surface area contributed by atoms with E-state index in [1.807, 2.05) is 0 Å². The van der Waals surface area contributed by atoms with Crippen LogP contribution in [0.4, 0.5) is 0 Å². The second kappa shape index (κ2) is 39.9. The van der Waals surface area contributed by atoms with Crippen LogP contribution in [0.25, 0.3) is 0 Å². The van der Waals surface area contributed by atoms with Gasteiger partial charge in [-0.3, -0.25) is 9.59 Å². The summed E-state index contributed by atoms with van der Waals surface area (Å²) >= 11 is 0. The molecule has 0 aromatic heterocycles. The van der Waals surface area contributed by atoms with Gasteiger partial charge in [-0.2, -0.15) is 0 Å². The van der Waals surface area contributed by atoms with Gasteiger partial charge in [-0.25, -0.2) is 4.57 Å². The quantitative estimate of drug-likeness (QED) is 0.0174. The molecule has 0 bridgehead atoms. The first kappa shape index (κ1) is 49.1. The molecule has 0 aliphatic heterocycles. The molecule has 0 saturated heterocycles. The summed E-state index contributed by atoms with van der Waals surface area (Å²) in [6, 6.07) is 0. The minimum absolute atomic E-state index is 0. The van der Waals surface area contributed by atoms with Gasteiger partial charge in [0.25, 0.3) is 0 Å². The van der Waals surface area contributed by atoms with Crippen molar-refractivity contribution in [1.29, 1.82) is 0 Å². The fourth-order valence-corrected chi connectivity index (χ4v) is 4.91. The van der Waals surface area contributed by atoms with Crippen molar-refractivity contribution in [3.05, 3.63) is 24.3 Å². The van der Waals surface area contributed by atoms with Gasteiger partial charge in [-0.15, -0.1) is 0 Å². The van der Waals surface area contributed by atoms with Crippen molar-refractivity contribution < 1.29 is 33.6 Å². The number of hydrogen-bond acceptors (Lipinski definition) is 4. The molecule has 7 nitrogen and oxygen atoms in total. The van der Waals surface area contributed by atoms with Crippen molar-refractivity contribution in [2.45, 2.75) is 194 Å². The van der Waals surface area contributed by atoms with Crippen LogP contribution in [-0.4, -0.2) is 56.2 Å². The molecule has 0 aromatic carbocycles. The average molecular weight is 669 g/mol. The Balaban J connectivity index is -0.00000270. The zero-order valence-electron chi connectivity index (χ0n) is 28.5. The fraction of sp³-hybridized carbons (Fsp3) is 0.833. The van der Waals surface area contributed by atoms with Gasteiger partial charge < -0.3 is 19.4 Å². The Morgan fingerprint density at radius 2 is 0.689 bits per heavy atom. The van der Waals surface area contributed by atoms with E-state index in [1.54, 1.807) is 0 Å². The summed E-state index contributed by atoms with van der Waals surface area (Å²) < 4.78 is 13.9. The maximum absolute atomic E-state index is 11.9. The van der Waals surface area contributed by atoms with Crippen LogP contribution in [0.1, 0.15) is 194 Å². The van der Waals surface area contributed by atoms with E-state index < -0.39 is 7.82 Å². The van der Waals surface area contributed by atoms with Crippen LogP contribution in [0.5, 0.6) is 0 Å². The Bertz CT molecular complexity index is 679. The molecule has 0 heterocycles. The van der Waals surface area contributed by atoms with Gasteiger partial charge in [0.05, 0.1) is 0 Å². The van der Waals surface area contributed by atoms with Crippen LogP contribution in [0.2, 0.25) is 0 Å². The van der Waals surface area contributed by atoms with Crippen molar-refractivity contribution in [3.63, 3.8) is 0 Å². The number of esters is 2. The average Bonchev–Trinajstić information content (AvgIpc) is 2.96. The second-order valence-corrected chi connectivity index (χ2v) is 13.1. The van der Waals surface area contributed by atoms with E-state index in [2.05, 4.69) is 38.2 Å². The van der Waals surface area contributed by atoms with Crippen molar-refractivity contribution in [2.75, 3.05) is 0 Å². The second-order valence-electron chi connectivity index (χ2n) is 12.0. The van der Waals surface area contributed by atoms with Gasteiger partial charge in [-0.1, -0.05) is 141 Å². The molecule has 0 saturated carbocycles. The summed E-state index contributed by atoms with van der Waals surface area (Å²) in [6.45, 7) is 4.53. The first-order chi connectivity index (χ1) is 21.2. The summed E-state index contributed by atoms with van der Waals surface area (Å²) in [6.07, 6.45) is 42.2. The number of unbranched alkanes of at least 4 members (excludes halogenated alkanes) is 22. The number of hydrogen-bond donors (Lipinski definition) is 3. The fourth-order valence-electron chi connectivity index (χ4n) is 4.91. The molecule has 45 heavy (non-hydrogen) atoms. The molecule has 0 aromatic rings. The zero-order chi connectivity index (χ0) is 33.0. The number of rotatable bonds is 30. The molecule has 0 aliphatic rings. The molecular formula is C36H70NaO7P. The van der Waals surface area contributed by atoms with Crippen molar-refractivity contribution in [3.8, 4) is 0 Å². The predicted molar refractivity (Wildman–Crippen MR) is 191 cm³/mol. The molecule has 0 radical (unpaired) electrons. The van der Waals surface area contributed by atoms with Gasteiger partial charge in [0, 0.05) is 12.8 Å². The van der Waals surface area contributed by atoms with Crippen LogP contribution >= 0.6 is 7.82 Å². The van der Waals surface area contributed by atoms with Gasteiger partial charge in [0.15, 0.2) is 0 Å². The molecule has 0 rings (SSSR count). The monoisotopic (exact) mass is 668 g/mol. The molecule has 0 fully saturated rings. The zero-order valence-corrected chi connectivity index (χ0v) is 29.4. The Morgan fingerprint density at radius 1 is 0.467 bits per heavy atom. The van der Waals surface area contributed by atoms with E-state index in [0.717, 1.165) is 38.5 Å². The predicted octanol–water partition coefficient (Wildman–Crippen LogP) is 10.6. The first-order valence-corrected chi connectivity index (χ1v) is 19.6. The maximum atomic E-state index is 11.9. The van der Waals surface area contributed by atoms with Crippen LogP contribution in [-0.2, 0) is 18.9 Å². The summed E-state index contributed by atoms with van der Waals surface area (Å²) in [5.74, 6) is -0.684. The van der Waals surface area contributed by atoms with E-state index in [-0.39, 0.29) is 41.5 Å². The van der Waals surface area contributed by atoms with E-state index in [4.69, 9.17) is 24.0 Å². The van der Waals surface area contributed by atoms with E-state index in [9.17, 15) is 9.59 Å². The van der Waals surface area contributed by atoms with Gasteiger partial charge in [-0.05, 0) is 64.2 Å². The molecule has 0 atom stereocenters. The molecule has 0 amide bonds. The number of carbonyl (C=O) groups is 2. The van der Waals surface area contributed by atoms with Crippen LogP contribution in [0.3, 0.4) is 0 Å². The summed E-state index contributed by atoms with van der Waals surface area (Å²) in [4.78, 5) is 45.3. The SMILES string of the molecule is CCCCCCCCC=CCCCCCCCC(=O)OC(=O)CCCCCCC/C=C\CCCCCCCC.O=P(O)(O)O.[NaH]. The third-order valence-corrected chi connectivity index (χ3v) is 7.51. The first-order valence-electron chi connectivity index (χ1n) is 18.0. The van der Waals surface area contributed by atoms with E-state index in [1.165, 1.54) is 128 Å². The van der Waals surface area contributed by atoms with E-state index >= 15 is 0 Å². The Kier molecular flexibility index (Phi) is 43.6. The van der Waals surface area contributed by atoms with Gasteiger partial charge in [0.2, 0.25) is 0 Å². The molecule has 262 valence electrons. The normalized spacial score (nSPS) is 11.4. The molecular weight excluding hydrogens is 598 g/mol. The van der Waals surface area contributed by atoms with Gasteiger partial charge in [0.1, 0.15) is 0 Å². The number of ether oxygens (including phenoxy) is 1. The topological polar surface area (TPSA) is 121 Å². The summed E-state index contributed by atoms with van der Waals surface area (Å²) in [7, 11) is -4.64. The van der Waals surface area contributed by atoms with Gasteiger partial charge >= 0.3 is 49.3 Å². The molecule has 0 unspecified atom stereocenters. The van der Waals surface area contributed by atoms with E-state index in [0.29, 0.717) is 12.8 Å². The summed E-state index contributed by atoms with van der Waals surface area (Å²) in [5, 5.41) is 0. The molecule has 0 aliphatic carbocycles. The van der Waals surface area contributed by atoms with Crippen LogP contribution in [0, 0.1) is 0 Å². The summed E-state index contributed by atoms with van der Waals surface area (Å²) in [5.41, 5.74) is 0. The standard InChI is InChI=1S/C36H66O3.Na.H3O4P.H/c1-3-5-7-9-11-13-15-17-19-21-23-25-27-29-31-33-35(37)39-36(38)34-32-30-28-26-24-22-20-18-16-14-12-10-8-6-4-2;;1-5(2,3)4;/h17-20H,3-16,21-34H2,1-2H3;;(H3,1,2,3,4);/b19-17-,20-18?;;;. The minimum atomic E-state index is -4.64. The third-order valence-electron chi connectivity index (χ3n) is 7.51. The van der Waals surface area contributed by atoms with Crippen molar-refractivity contribution >= 4 is 49.3 Å².